The molecule has 0 atom stereocenters. The van der Waals surface area contributed by atoms with Crippen LogP contribution >= 0.6 is 0 Å². The number of hydrogen-bond acceptors (Lipinski definition) is 3. The van der Waals surface area contributed by atoms with Gasteiger partial charge in [0, 0.05) is 42.5 Å². The molecule has 2 aromatic rings. The lowest BCUT2D eigenvalue weighted by atomic mass is 9.94. The van der Waals surface area contributed by atoms with E-state index in [9.17, 15) is 0 Å². The first kappa shape index (κ1) is 23.1. The van der Waals surface area contributed by atoms with Crippen LogP contribution in [-0.2, 0) is 13.1 Å². The molecule has 0 spiro atoms. The topological polar surface area (TPSA) is 32.5 Å². The summed E-state index contributed by atoms with van der Waals surface area (Å²) in [6.07, 6.45) is 9.06. The Bertz CT molecular complexity index is 1180. The first-order chi connectivity index (χ1) is 15.7. The molecule has 1 heterocycles. The third-order valence-corrected chi connectivity index (χ3v) is 7.10. The van der Waals surface area contributed by atoms with Crippen LogP contribution in [0.25, 0.3) is 17.7 Å². The molecule has 2 aliphatic rings. The molecule has 4 rings (SSSR count). The summed E-state index contributed by atoms with van der Waals surface area (Å²) in [7, 11) is 1.94. The third-order valence-electron chi connectivity index (χ3n) is 7.10. The molecule has 1 fully saturated rings. The molecule has 0 radical (unpaired) electrons. The minimum atomic E-state index is 0.720. The number of aryl methyl sites for hydroxylation is 2. The number of hydrogen-bond donors (Lipinski definition) is 1. The Morgan fingerprint density at radius 1 is 1.18 bits per heavy atom. The van der Waals surface area contributed by atoms with Crippen LogP contribution in [0.3, 0.4) is 0 Å². The zero-order valence-corrected chi connectivity index (χ0v) is 20.8. The van der Waals surface area contributed by atoms with Gasteiger partial charge in [-0.15, -0.1) is 0 Å². The van der Waals surface area contributed by atoms with Gasteiger partial charge in [0.25, 0.3) is 0 Å². The van der Waals surface area contributed by atoms with E-state index in [1.54, 1.807) is 5.01 Å². The number of nitrogens with two attached hydrogens (primary N) is 1. The van der Waals surface area contributed by atoms with E-state index in [1.807, 2.05) is 13.1 Å². The summed E-state index contributed by atoms with van der Waals surface area (Å²) in [5, 5.41) is 1.78. The van der Waals surface area contributed by atoms with Crippen LogP contribution in [0.2, 0.25) is 0 Å². The van der Waals surface area contributed by atoms with Gasteiger partial charge in [-0.2, -0.15) is 0 Å². The van der Waals surface area contributed by atoms with E-state index in [0.717, 1.165) is 36.0 Å². The van der Waals surface area contributed by atoms with Gasteiger partial charge in [-0.25, -0.2) is 5.84 Å². The molecule has 3 nitrogen and oxygen atoms in total. The molecule has 2 N–H and O–H groups in total. The fourth-order valence-corrected chi connectivity index (χ4v) is 5.14. The fraction of sp³-hybridized carbons (Fsp3) is 0.333. The predicted octanol–water partition coefficient (Wildman–Crippen LogP) is 7.00. The van der Waals surface area contributed by atoms with Crippen molar-refractivity contribution in [2.24, 2.45) is 11.8 Å². The molecule has 3 heteroatoms. The average Bonchev–Trinajstić information content (AvgIpc) is 3.54. The zero-order chi connectivity index (χ0) is 23.9. The summed E-state index contributed by atoms with van der Waals surface area (Å²) >= 11 is 0. The quantitative estimate of drug-likeness (QED) is 0.286. The number of anilines is 1. The van der Waals surface area contributed by atoms with Crippen molar-refractivity contribution in [3.63, 3.8) is 0 Å². The van der Waals surface area contributed by atoms with E-state index in [0.29, 0.717) is 0 Å². The number of fused-ring (bicyclic) bond motifs is 1. The summed E-state index contributed by atoms with van der Waals surface area (Å²) in [5.41, 5.74) is 13.5. The maximum absolute atomic E-state index is 6.43. The van der Waals surface area contributed by atoms with Gasteiger partial charge in [0.15, 0.2) is 0 Å². The molecule has 33 heavy (non-hydrogen) atoms. The van der Waals surface area contributed by atoms with Crippen molar-refractivity contribution in [1.29, 1.82) is 0 Å². The molecule has 1 saturated carbocycles. The van der Waals surface area contributed by atoms with Crippen molar-refractivity contribution < 1.29 is 0 Å². The monoisotopic (exact) mass is 439 g/mol. The number of nitrogens with zero attached hydrogens (tertiary/aromatic N) is 2. The predicted molar refractivity (Wildman–Crippen MR) is 143 cm³/mol. The average molecular weight is 440 g/mol. The van der Waals surface area contributed by atoms with Gasteiger partial charge in [-0.1, -0.05) is 60.7 Å². The number of hydrazine groups is 1. The third kappa shape index (κ3) is 4.43. The van der Waals surface area contributed by atoms with Crippen LogP contribution < -0.4 is 10.9 Å². The number of benzene rings is 2. The van der Waals surface area contributed by atoms with Crippen molar-refractivity contribution in [3.05, 3.63) is 93.7 Å². The highest BCUT2D eigenvalue weighted by molar-refractivity contribution is 5.83. The Kier molecular flexibility index (Phi) is 6.36. The van der Waals surface area contributed by atoms with Gasteiger partial charge >= 0.3 is 0 Å². The van der Waals surface area contributed by atoms with Crippen LogP contribution in [0.5, 0.6) is 0 Å². The van der Waals surface area contributed by atoms with E-state index in [2.05, 4.69) is 82.2 Å². The lowest BCUT2D eigenvalue weighted by Crippen LogP contribution is -2.28. The second kappa shape index (κ2) is 9.07. The molecular formula is C30H37N3. The van der Waals surface area contributed by atoms with E-state index in [1.165, 1.54) is 57.4 Å². The maximum atomic E-state index is 6.43. The Hall–Kier alpha value is -3.04. The zero-order valence-electron chi connectivity index (χ0n) is 20.8. The molecule has 0 amide bonds. The standard InChI is InChI=1S/C30H37N3/c1-8-23-16-25-17-33(22(6)26(9-2)27-13-10-19(3)14-21(27)5)18-29(25)30(32(7)31)28(23)15-20(4)24-11-12-24/h8-10,13-16,24H,1,6,11-12,17-18,31H2,2-5,7H3/b20-15+,26-9-. The number of allylic oxidation sites excluding steroid dienone is 3. The van der Waals surface area contributed by atoms with Gasteiger partial charge in [0.05, 0.1) is 5.69 Å². The summed E-state index contributed by atoms with van der Waals surface area (Å²) in [6, 6.07) is 8.92. The second-order valence-electron chi connectivity index (χ2n) is 9.67. The minimum absolute atomic E-state index is 0.720. The lowest BCUT2D eigenvalue weighted by Gasteiger charge is -2.25. The highest BCUT2D eigenvalue weighted by atomic mass is 15.4. The first-order valence-corrected chi connectivity index (χ1v) is 11.9. The smallest absolute Gasteiger partial charge is 0.0645 e. The molecule has 0 saturated heterocycles. The molecule has 0 aromatic heterocycles. The van der Waals surface area contributed by atoms with Crippen LogP contribution in [0.4, 0.5) is 5.69 Å². The van der Waals surface area contributed by atoms with E-state index < -0.39 is 0 Å². The van der Waals surface area contributed by atoms with Crippen LogP contribution in [0.15, 0.2) is 54.8 Å². The Balaban J connectivity index is 1.72. The largest absolute Gasteiger partial charge is 0.363 e. The van der Waals surface area contributed by atoms with Gasteiger partial charge < -0.3 is 9.91 Å². The van der Waals surface area contributed by atoms with Gasteiger partial charge in [-0.05, 0) is 74.8 Å². The van der Waals surface area contributed by atoms with E-state index in [-0.39, 0.29) is 0 Å². The SMILES string of the molecule is C=Cc1cc2c(c(N(C)N)c1/C=C(\C)C1CC1)CN(C(=C)/C(=C/C)c1ccc(C)cc1C)C2. The highest BCUT2D eigenvalue weighted by Gasteiger charge is 2.29. The van der Waals surface area contributed by atoms with Crippen molar-refractivity contribution >= 4 is 23.4 Å². The second-order valence-corrected chi connectivity index (χ2v) is 9.67. The van der Waals surface area contributed by atoms with Gasteiger partial charge in [0.2, 0.25) is 0 Å². The maximum Gasteiger partial charge on any atom is 0.0645 e. The van der Waals surface area contributed by atoms with E-state index in [4.69, 9.17) is 5.84 Å². The Morgan fingerprint density at radius 3 is 2.48 bits per heavy atom. The van der Waals surface area contributed by atoms with Gasteiger partial charge in [-0.3, -0.25) is 0 Å². The normalized spacial score (nSPS) is 16.1. The molecular weight excluding hydrogens is 402 g/mol. The van der Waals surface area contributed by atoms with Crippen LogP contribution in [0.1, 0.15) is 65.6 Å². The van der Waals surface area contributed by atoms with Crippen molar-refractivity contribution in [2.75, 3.05) is 12.1 Å². The molecule has 1 aliphatic heterocycles. The van der Waals surface area contributed by atoms with Crippen LogP contribution in [0, 0.1) is 19.8 Å². The first-order valence-electron chi connectivity index (χ1n) is 11.9. The molecule has 0 unspecified atom stereocenters. The van der Waals surface area contributed by atoms with E-state index >= 15 is 0 Å². The molecule has 1 aliphatic carbocycles. The molecule has 172 valence electrons. The summed E-state index contributed by atoms with van der Waals surface area (Å²) in [4.78, 5) is 2.38. The Labute approximate surface area is 199 Å². The molecule has 2 aromatic carbocycles. The van der Waals surface area contributed by atoms with Crippen molar-refractivity contribution in [2.45, 2.75) is 53.6 Å². The summed E-state index contributed by atoms with van der Waals surface area (Å²) < 4.78 is 0. The fourth-order valence-electron chi connectivity index (χ4n) is 5.14. The van der Waals surface area contributed by atoms with Crippen molar-refractivity contribution in [1.82, 2.24) is 4.90 Å². The summed E-state index contributed by atoms with van der Waals surface area (Å²) in [5.74, 6) is 7.15. The summed E-state index contributed by atoms with van der Waals surface area (Å²) in [6.45, 7) is 18.9. The molecule has 0 bridgehead atoms. The lowest BCUT2D eigenvalue weighted by molar-refractivity contribution is 0.379. The number of rotatable bonds is 7. The Morgan fingerprint density at radius 2 is 1.91 bits per heavy atom. The van der Waals surface area contributed by atoms with Crippen molar-refractivity contribution in [3.8, 4) is 0 Å². The minimum Gasteiger partial charge on any atom is -0.363 e. The highest BCUT2D eigenvalue weighted by Crippen LogP contribution is 2.43. The van der Waals surface area contributed by atoms with Crippen LogP contribution in [-0.4, -0.2) is 11.9 Å². The van der Waals surface area contributed by atoms with Gasteiger partial charge in [0.1, 0.15) is 0 Å².